The van der Waals surface area contributed by atoms with Gasteiger partial charge >= 0.3 is 0 Å². The van der Waals surface area contributed by atoms with Gasteiger partial charge in [-0.3, -0.25) is 4.79 Å². The second-order valence-corrected chi connectivity index (χ2v) is 4.80. The summed E-state index contributed by atoms with van der Waals surface area (Å²) in [6, 6.07) is 8.82. The number of hydrogen-bond acceptors (Lipinski definition) is 2. The van der Waals surface area contributed by atoms with Gasteiger partial charge in [-0.15, -0.1) is 11.6 Å². The molecule has 1 atom stereocenters. The van der Waals surface area contributed by atoms with Crippen LogP contribution in [0, 0.1) is 11.3 Å². The number of nitriles is 1. The number of likely N-dealkylation sites (tertiary alicyclic amines) is 1. The number of nitrogens with zero attached hydrogens (tertiary/aromatic N) is 2. The predicted molar refractivity (Wildman–Crippen MR) is 65.9 cm³/mol. The Kier molecular flexibility index (Phi) is 3.65. The second kappa shape index (κ2) is 5.20. The molecule has 0 aliphatic carbocycles. The Labute approximate surface area is 106 Å². The van der Waals surface area contributed by atoms with E-state index in [0.29, 0.717) is 17.7 Å². The number of amides is 1. The maximum atomic E-state index is 12.2. The second-order valence-electron chi connectivity index (χ2n) is 4.18. The number of alkyl halides is 1. The third-order valence-corrected chi connectivity index (χ3v) is 3.25. The molecule has 88 valence electrons. The smallest absolute Gasteiger partial charge is 0.253 e. The van der Waals surface area contributed by atoms with Crippen LogP contribution in [0.5, 0.6) is 0 Å². The molecular formula is C13H13ClN2O. The molecule has 0 aromatic heterocycles. The third-order valence-electron chi connectivity index (χ3n) is 2.89. The van der Waals surface area contributed by atoms with Crippen LogP contribution in [-0.4, -0.2) is 29.3 Å². The lowest BCUT2D eigenvalue weighted by Crippen LogP contribution is -2.40. The average Bonchev–Trinajstić information content (AvgIpc) is 2.38. The summed E-state index contributed by atoms with van der Waals surface area (Å²) in [5.74, 6) is -0.0348. The summed E-state index contributed by atoms with van der Waals surface area (Å²) in [6.45, 7) is 1.34. The molecular weight excluding hydrogens is 236 g/mol. The molecule has 1 aromatic rings. The van der Waals surface area contributed by atoms with Crippen LogP contribution in [0.2, 0.25) is 0 Å². The SMILES string of the molecule is N#Cc1cccc(C(=O)N2CCCC(Cl)C2)c1. The number of hydrogen-bond donors (Lipinski definition) is 0. The van der Waals surface area contributed by atoms with Crippen LogP contribution < -0.4 is 0 Å². The molecule has 1 unspecified atom stereocenters. The van der Waals surface area contributed by atoms with Gasteiger partial charge in [-0.1, -0.05) is 6.07 Å². The Balaban J connectivity index is 2.16. The molecule has 0 radical (unpaired) electrons. The molecule has 2 rings (SSSR count). The van der Waals surface area contributed by atoms with E-state index in [4.69, 9.17) is 16.9 Å². The van der Waals surface area contributed by atoms with E-state index in [1.54, 1.807) is 29.2 Å². The van der Waals surface area contributed by atoms with E-state index in [1.165, 1.54) is 0 Å². The van der Waals surface area contributed by atoms with Crippen molar-refractivity contribution in [3.63, 3.8) is 0 Å². The third kappa shape index (κ3) is 2.78. The van der Waals surface area contributed by atoms with Gasteiger partial charge in [0, 0.05) is 18.7 Å². The molecule has 0 saturated carbocycles. The van der Waals surface area contributed by atoms with Crippen molar-refractivity contribution in [2.45, 2.75) is 18.2 Å². The number of halogens is 1. The molecule has 1 aliphatic rings. The number of piperidine rings is 1. The highest BCUT2D eigenvalue weighted by Crippen LogP contribution is 2.17. The maximum Gasteiger partial charge on any atom is 0.253 e. The van der Waals surface area contributed by atoms with Crippen LogP contribution in [0.15, 0.2) is 24.3 Å². The number of benzene rings is 1. The van der Waals surface area contributed by atoms with E-state index in [-0.39, 0.29) is 11.3 Å². The Bertz CT molecular complexity index is 467. The van der Waals surface area contributed by atoms with E-state index in [0.717, 1.165) is 19.4 Å². The molecule has 4 heteroatoms. The fraction of sp³-hybridized carbons (Fsp3) is 0.385. The maximum absolute atomic E-state index is 12.2. The Morgan fingerprint density at radius 3 is 3.06 bits per heavy atom. The zero-order chi connectivity index (χ0) is 12.3. The van der Waals surface area contributed by atoms with Gasteiger partial charge in [0.1, 0.15) is 0 Å². The summed E-state index contributed by atoms with van der Waals surface area (Å²) in [5, 5.41) is 8.85. The first-order valence-corrected chi connectivity index (χ1v) is 6.08. The van der Waals surface area contributed by atoms with Crippen molar-refractivity contribution in [1.82, 2.24) is 4.90 Å². The highest BCUT2D eigenvalue weighted by Gasteiger charge is 2.23. The number of carbonyl (C=O) groups is 1. The van der Waals surface area contributed by atoms with Crippen LogP contribution in [0.3, 0.4) is 0 Å². The molecule has 1 fully saturated rings. The standard InChI is InChI=1S/C13H13ClN2O/c14-12-5-2-6-16(9-12)13(17)11-4-1-3-10(7-11)8-15/h1,3-4,7,12H,2,5-6,9H2. The van der Waals surface area contributed by atoms with Crippen molar-refractivity contribution in [3.05, 3.63) is 35.4 Å². The van der Waals surface area contributed by atoms with Gasteiger partial charge in [-0.05, 0) is 31.0 Å². The molecule has 3 nitrogen and oxygen atoms in total. The summed E-state index contributed by atoms with van der Waals surface area (Å²) in [5.41, 5.74) is 1.07. The lowest BCUT2D eigenvalue weighted by atomic mass is 10.1. The largest absolute Gasteiger partial charge is 0.337 e. The fourth-order valence-corrected chi connectivity index (χ4v) is 2.34. The van der Waals surface area contributed by atoms with Gasteiger partial charge in [0.2, 0.25) is 0 Å². The average molecular weight is 249 g/mol. The van der Waals surface area contributed by atoms with Crippen molar-refractivity contribution < 1.29 is 4.79 Å². The molecule has 1 aromatic carbocycles. The van der Waals surface area contributed by atoms with Crippen LogP contribution in [0.1, 0.15) is 28.8 Å². The Morgan fingerprint density at radius 2 is 2.35 bits per heavy atom. The zero-order valence-corrected chi connectivity index (χ0v) is 10.2. The highest BCUT2D eigenvalue weighted by atomic mass is 35.5. The van der Waals surface area contributed by atoms with Crippen LogP contribution in [0.4, 0.5) is 0 Å². The normalized spacial score (nSPS) is 19.8. The van der Waals surface area contributed by atoms with Gasteiger partial charge in [0.25, 0.3) is 5.91 Å². The monoisotopic (exact) mass is 248 g/mol. The van der Waals surface area contributed by atoms with Gasteiger partial charge < -0.3 is 4.90 Å². The van der Waals surface area contributed by atoms with Gasteiger partial charge in [0.05, 0.1) is 17.0 Å². The molecule has 1 saturated heterocycles. The summed E-state index contributed by atoms with van der Waals surface area (Å²) < 4.78 is 0. The van der Waals surface area contributed by atoms with E-state index in [1.807, 2.05) is 6.07 Å². The molecule has 1 amide bonds. The minimum Gasteiger partial charge on any atom is -0.337 e. The van der Waals surface area contributed by atoms with E-state index in [9.17, 15) is 4.79 Å². The van der Waals surface area contributed by atoms with Crippen molar-refractivity contribution >= 4 is 17.5 Å². The summed E-state index contributed by atoms with van der Waals surface area (Å²) in [4.78, 5) is 13.9. The molecule has 1 aliphatic heterocycles. The fourth-order valence-electron chi connectivity index (χ4n) is 2.01. The minimum absolute atomic E-state index is 0.0348. The first-order valence-electron chi connectivity index (χ1n) is 5.64. The zero-order valence-electron chi connectivity index (χ0n) is 9.40. The van der Waals surface area contributed by atoms with Gasteiger partial charge in [0.15, 0.2) is 0 Å². The van der Waals surface area contributed by atoms with Gasteiger partial charge in [-0.25, -0.2) is 0 Å². The molecule has 1 heterocycles. The Morgan fingerprint density at radius 1 is 1.53 bits per heavy atom. The first kappa shape index (κ1) is 11.9. The predicted octanol–water partition coefficient (Wildman–Crippen LogP) is 2.40. The van der Waals surface area contributed by atoms with Crippen molar-refractivity contribution in [2.24, 2.45) is 0 Å². The van der Waals surface area contributed by atoms with Crippen molar-refractivity contribution in [2.75, 3.05) is 13.1 Å². The molecule has 0 N–H and O–H groups in total. The van der Waals surface area contributed by atoms with Gasteiger partial charge in [-0.2, -0.15) is 5.26 Å². The quantitative estimate of drug-likeness (QED) is 0.717. The number of carbonyl (C=O) groups excluding carboxylic acids is 1. The van der Waals surface area contributed by atoms with Crippen LogP contribution in [-0.2, 0) is 0 Å². The summed E-state index contributed by atoms with van der Waals surface area (Å²) >= 11 is 6.06. The van der Waals surface area contributed by atoms with Crippen LogP contribution >= 0.6 is 11.6 Å². The first-order chi connectivity index (χ1) is 8.20. The lowest BCUT2D eigenvalue weighted by Gasteiger charge is -2.29. The van der Waals surface area contributed by atoms with Crippen LogP contribution in [0.25, 0.3) is 0 Å². The summed E-state index contributed by atoms with van der Waals surface area (Å²) in [7, 11) is 0. The topological polar surface area (TPSA) is 44.1 Å². The van der Waals surface area contributed by atoms with E-state index >= 15 is 0 Å². The minimum atomic E-state index is -0.0348. The molecule has 17 heavy (non-hydrogen) atoms. The molecule has 0 bridgehead atoms. The van der Waals surface area contributed by atoms with E-state index < -0.39 is 0 Å². The lowest BCUT2D eigenvalue weighted by molar-refractivity contribution is 0.0727. The van der Waals surface area contributed by atoms with E-state index in [2.05, 4.69) is 0 Å². The van der Waals surface area contributed by atoms with Crippen molar-refractivity contribution in [3.8, 4) is 6.07 Å². The highest BCUT2D eigenvalue weighted by molar-refractivity contribution is 6.21. The summed E-state index contributed by atoms with van der Waals surface area (Å²) in [6.07, 6.45) is 1.90. The van der Waals surface area contributed by atoms with Crippen molar-refractivity contribution in [1.29, 1.82) is 5.26 Å². The molecule has 0 spiro atoms. The number of rotatable bonds is 1. The Hall–Kier alpha value is -1.53.